The molecule has 4 heteroatoms. The van der Waals surface area contributed by atoms with Crippen LogP contribution in [0, 0.1) is 11.3 Å². The lowest BCUT2D eigenvalue weighted by atomic mass is 10.1. The fourth-order valence-corrected chi connectivity index (χ4v) is 1.81. The fourth-order valence-electron chi connectivity index (χ4n) is 1.36. The first-order valence-electron chi connectivity index (χ1n) is 4.14. The van der Waals surface area contributed by atoms with Crippen molar-refractivity contribution in [1.29, 1.82) is 5.26 Å². The third-order valence-electron chi connectivity index (χ3n) is 2.05. The number of nitrogens with zero attached hydrogens (tertiary/aromatic N) is 2. The Morgan fingerprint density at radius 1 is 1.57 bits per heavy atom. The van der Waals surface area contributed by atoms with Crippen LogP contribution in [0.4, 0.5) is 0 Å². The van der Waals surface area contributed by atoms with Crippen LogP contribution < -0.4 is 0 Å². The molecule has 0 amide bonds. The minimum absolute atomic E-state index is 0.226. The van der Waals surface area contributed by atoms with Gasteiger partial charge in [0.1, 0.15) is 5.58 Å². The average Bonchev–Trinajstić information content (AvgIpc) is 2.68. The van der Waals surface area contributed by atoms with Crippen LogP contribution in [0.1, 0.15) is 11.6 Å². The van der Waals surface area contributed by atoms with E-state index in [-0.39, 0.29) is 5.92 Å². The highest BCUT2D eigenvalue weighted by atomic mass is 79.9. The van der Waals surface area contributed by atoms with E-state index in [4.69, 9.17) is 9.68 Å². The van der Waals surface area contributed by atoms with Gasteiger partial charge in [-0.2, -0.15) is 5.26 Å². The van der Waals surface area contributed by atoms with Crippen molar-refractivity contribution in [3.05, 3.63) is 30.3 Å². The molecule has 14 heavy (non-hydrogen) atoms. The standard InChI is InChI=1S/C10H7BrN2O/c11-5-7(6-12)10-8-2-4-14-9(8)1-3-13-10/h1-4,7H,5H2. The van der Waals surface area contributed by atoms with Gasteiger partial charge in [-0.05, 0) is 12.1 Å². The highest BCUT2D eigenvalue weighted by Gasteiger charge is 2.14. The third kappa shape index (κ3) is 1.40. The molecule has 0 saturated carbocycles. The predicted molar refractivity (Wildman–Crippen MR) is 56.2 cm³/mol. The summed E-state index contributed by atoms with van der Waals surface area (Å²) in [6.45, 7) is 0. The largest absolute Gasteiger partial charge is 0.464 e. The van der Waals surface area contributed by atoms with Gasteiger partial charge in [-0.3, -0.25) is 4.98 Å². The normalized spacial score (nSPS) is 12.6. The van der Waals surface area contributed by atoms with Crippen LogP contribution in [0.5, 0.6) is 0 Å². The van der Waals surface area contributed by atoms with Gasteiger partial charge >= 0.3 is 0 Å². The zero-order chi connectivity index (χ0) is 9.97. The summed E-state index contributed by atoms with van der Waals surface area (Å²) in [5, 5.41) is 10.4. The average molecular weight is 251 g/mol. The number of halogens is 1. The number of alkyl halides is 1. The Balaban J connectivity index is 2.62. The van der Waals surface area contributed by atoms with Gasteiger partial charge in [0.15, 0.2) is 0 Å². The molecule has 0 aliphatic rings. The number of hydrogen-bond acceptors (Lipinski definition) is 3. The molecule has 70 valence electrons. The molecule has 2 heterocycles. The maximum atomic E-state index is 8.93. The monoisotopic (exact) mass is 250 g/mol. The maximum absolute atomic E-state index is 8.93. The fraction of sp³-hybridized carbons (Fsp3) is 0.200. The van der Waals surface area contributed by atoms with Crippen LogP contribution in [0.3, 0.4) is 0 Å². The smallest absolute Gasteiger partial charge is 0.137 e. The maximum Gasteiger partial charge on any atom is 0.137 e. The third-order valence-corrected chi connectivity index (χ3v) is 2.70. The molecule has 2 rings (SSSR count). The van der Waals surface area contributed by atoms with Gasteiger partial charge in [-0.25, -0.2) is 0 Å². The molecule has 0 spiro atoms. The molecule has 0 bridgehead atoms. The predicted octanol–water partition coefficient (Wildman–Crippen LogP) is 2.83. The first-order valence-corrected chi connectivity index (χ1v) is 5.26. The van der Waals surface area contributed by atoms with E-state index in [2.05, 4.69) is 27.0 Å². The molecule has 0 aromatic carbocycles. The van der Waals surface area contributed by atoms with Gasteiger partial charge < -0.3 is 4.42 Å². The van der Waals surface area contributed by atoms with Crippen LogP contribution in [0.15, 0.2) is 29.0 Å². The molecule has 1 unspecified atom stereocenters. The first-order chi connectivity index (χ1) is 6.86. The zero-order valence-corrected chi connectivity index (χ0v) is 8.86. The van der Waals surface area contributed by atoms with Crippen LogP contribution in [-0.4, -0.2) is 10.3 Å². The highest BCUT2D eigenvalue weighted by Crippen LogP contribution is 2.25. The Labute approximate surface area is 89.5 Å². The van der Waals surface area contributed by atoms with Crippen molar-refractivity contribution in [3.8, 4) is 6.07 Å². The first kappa shape index (κ1) is 9.22. The molecule has 0 radical (unpaired) electrons. The molecule has 0 aliphatic heterocycles. The number of nitriles is 1. The Bertz CT molecular complexity index is 486. The molecule has 0 saturated heterocycles. The van der Waals surface area contributed by atoms with Gasteiger partial charge in [0.2, 0.25) is 0 Å². The van der Waals surface area contributed by atoms with Crippen molar-refractivity contribution >= 4 is 26.9 Å². The number of hydrogen-bond donors (Lipinski definition) is 0. The summed E-state index contributed by atoms with van der Waals surface area (Å²) < 4.78 is 5.23. The summed E-state index contributed by atoms with van der Waals surface area (Å²) >= 11 is 3.29. The minimum atomic E-state index is -0.226. The zero-order valence-electron chi connectivity index (χ0n) is 7.27. The van der Waals surface area contributed by atoms with E-state index in [9.17, 15) is 0 Å². The lowest BCUT2D eigenvalue weighted by molar-refractivity contribution is 0.615. The topological polar surface area (TPSA) is 49.8 Å². The molecule has 1 atom stereocenters. The minimum Gasteiger partial charge on any atom is -0.464 e. The molecular formula is C10H7BrN2O. The number of aromatic nitrogens is 1. The Hall–Kier alpha value is -1.34. The van der Waals surface area contributed by atoms with E-state index in [1.165, 1.54) is 0 Å². The van der Waals surface area contributed by atoms with Crippen LogP contribution in [-0.2, 0) is 0 Å². The number of furan rings is 1. The Morgan fingerprint density at radius 2 is 2.43 bits per heavy atom. The van der Waals surface area contributed by atoms with Crippen molar-refractivity contribution in [3.63, 3.8) is 0 Å². The molecular weight excluding hydrogens is 244 g/mol. The molecule has 0 fully saturated rings. The lowest BCUT2D eigenvalue weighted by Gasteiger charge is -2.04. The van der Waals surface area contributed by atoms with Gasteiger partial charge in [-0.1, -0.05) is 15.9 Å². The van der Waals surface area contributed by atoms with Crippen LogP contribution in [0.25, 0.3) is 11.0 Å². The Morgan fingerprint density at radius 3 is 3.14 bits per heavy atom. The molecule has 0 N–H and O–H groups in total. The summed E-state index contributed by atoms with van der Waals surface area (Å²) in [5.41, 5.74) is 1.55. The van der Waals surface area contributed by atoms with Crippen molar-refractivity contribution < 1.29 is 4.42 Å². The lowest BCUT2D eigenvalue weighted by Crippen LogP contribution is -1.99. The van der Waals surface area contributed by atoms with Crippen LogP contribution in [0.2, 0.25) is 0 Å². The Kier molecular flexibility index (Phi) is 2.51. The van der Waals surface area contributed by atoms with Crippen LogP contribution >= 0.6 is 15.9 Å². The molecule has 3 nitrogen and oxygen atoms in total. The van der Waals surface area contributed by atoms with E-state index in [0.29, 0.717) is 5.33 Å². The second-order valence-corrected chi connectivity index (χ2v) is 3.51. The summed E-state index contributed by atoms with van der Waals surface area (Å²) in [5.74, 6) is -0.226. The van der Waals surface area contributed by atoms with E-state index in [0.717, 1.165) is 16.7 Å². The second-order valence-electron chi connectivity index (χ2n) is 2.86. The van der Waals surface area contributed by atoms with Gasteiger partial charge in [0.25, 0.3) is 0 Å². The number of rotatable bonds is 2. The van der Waals surface area contributed by atoms with E-state index < -0.39 is 0 Å². The van der Waals surface area contributed by atoms with Crippen molar-refractivity contribution in [2.75, 3.05) is 5.33 Å². The number of fused-ring (bicyclic) bond motifs is 1. The molecule has 0 aliphatic carbocycles. The van der Waals surface area contributed by atoms with Gasteiger partial charge in [0, 0.05) is 16.9 Å². The van der Waals surface area contributed by atoms with Crippen molar-refractivity contribution in [2.45, 2.75) is 5.92 Å². The quantitative estimate of drug-likeness (QED) is 0.771. The summed E-state index contributed by atoms with van der Waals surface area (Å²) in [6, 6.07) is 5.83. The number of pyridine rings is 1. The highest BCUT2D eigenvalue weighted by molar-refractivity contribution is 9.09. The second kappa shape index (κ2) is 3.81. The summed E-state index contributed by atoms with van der Waals surface area (Å²) in [7, 11) is 0. The van der Waals surface area contributed by atoms with E-state index in [1.807, 2.05) is 6.07 Å². The van der Waals surface area contributed by atoms with Gasteiger partial charge in [0.05, 0.1) is 23.9 Å². The molecule has 2 aromatic rings. The SMILES string of the molecule is N#CC(CBr)c1nccc2occc12. The molecule has 2 aromatic heterocycles. The van der Waals surface area contributed by atoms with Gasteiger partial charge in [-0.15, -0.1) is 0 Å². The summed E-state index contributed by atoms with van der Waals surface area (Å²) in [6.07, 6.45) is 3.27. The summed E-state index contributed by atoms with van der Waals surface area (Å²) in [4.78, 5) is 4.21. The van der Waals surface area contributed by atoms with Crippen molar-refractivity contribution in [2.24, 2.45) is 0 Å². The van der Waals surface area contributed by atoms with Crippen molar-refractivity contribution in [1.82, 2.24) is 4.98 Å². The van der Waals surface area contributed by atoms with E-state index >= 15 is 0 Å². The van der Waals surface area contributed by atoms with E-state index in [1.54, 1.807) is 18.5 Å².